The zero-order valence-electron chi connectivity index (χ0n) is 13.5. The quantitative estimate of drug-likeness (QED) is 0.758. The first kappa shape index (κ1) is 17.7. The second kappa shape index (κ2) is 7.29. The fourth-order valence-corrected chi connectivity index (χ4v) is 3.23. The van der Waals surface area contributed by atoms with Gasteiger partial charge in [0.1, 0.15) is 0 Å². The summed E-state index contributed by atoms with van der Waals surface area (Å²) in [5.74, 6) is 0. The third kappa shape index (κ3) is 4.43. The molecular weight excluding hydrogens is 318 g/mol. The van der Waals surface area contributed by atoms with E-state index in [4.69, 9.17) is 4.74 Å². The largest absolute Gasteiger partial charge is 0.376 e. The summed E-state index contributed by atoms with van der Waals surface area (Å²) in [6.45, 7) is 4.42. The molecule has 1 aliphatic heterocycles. The fourth-order valence-electron chi connectivity index (χ4n) is 2.48. The summed E-state index contributed by atoms with van der Waals surface area (Å²) in [4.78, 5) is 12.2. The standard InChI is InChI=1S/C15H23N3O4S/c1-10-6-7-12(23(20,21)16-3)9-13(10)18-15(19)17-11(2)14-5-4-8-22-14/h6-7,9,11,14,16H,4-5,8H2,1-3H3,(H2,17,18,19). The van der Waals surface area contributed by atoms with Crippen molar-refractivity contribution in [3.63, 3.8) is 0 Å². The summed E-state index contributed by atoms with van der Waals surface area (Å²) in [7, 11) is -2.21. The van der Waals surface area contributed by atoms with E-state index in [0.717, 1.165) is 25.0 Å². The zero-order chi connectivity index (χ0) is 17.0. The minimum atomic E-state index is -3.55. The summed E-state index contributed by atoms with van der Waals surface area (Å²) < 4.78 is 31.5. The van der Waals surface area contributed by atoms with Crippen LogP contribution in [0.1, 0.15) is 25.3 Å². The maximum absolute atomic E-state index is 12.1. The van der Waals surface area contributed by atoms with Crippen LogP contribution in [0.4, 0.5) is 10.5 Å². The summed E-state index contributed by atoms with van der Waals surface area (Å²) in [5.41, 5.74) is 1.23. The molecule has 0 bridgehead atoms. The second-order valence-corrected chi connectivity index (χ2v) is 7.51. The molecule has 1 heterocycles. The molecule has 3 N–H and O–H groups in total. The first-order valence-electron chi connectivity index (χ1n) is 7.57. The normalized spacial score (nSPS) is 19.3. The van der Waals surface area contributed by atoms with Gasteiger partial charge in [0, 0.05) is 12.3 Å². The van der Waals surface area contributed by atoms with Gasteiger partial charge in [-0.25, -0.2) is 17.9 Å². The Balaban J connectivity index is 2.06. The third-order valence-electron chi connectivity index (χ3n) is 3.92. The monoisotopic (exact) mass is 341 g/mol. The summed E-state index contributed by atoms with van der Waals surface area (Å²) >= 11 is 0. The molecule has 2 rings (SSSR count). The van der Waals surface area contributed by atoms with Crippen LogP contribution in [0.5, 0.6) is 0 Å². The van der Waals surface area contributed by atoms with Crippen LogP contribution in [0.2, 0.25) is 0 Å². The van der Waals surface area contributed by atoms with Gasteiger partial charge >= 0.3 is 6.03 Å². The van der Waals surface area contributed by atoms with Crippen molar-refractivity contribution in [2.75, 3.05) is 19.0 Å². The van der Waals surface area contributed by atoms with E-state index in [0.29, 0.717) is 5.69 Å². The SMILES string of the molecule is CNS(=O)(=O)c1ccc(C)c(NC(=O)NC(C)C2CCCO2)c1. The molecule has 0 aliphatic carbocycles. The van der Waals surface area contributed by atoms with E-state index in [-0.39, 0.29) is 23.1 Å². The predicted molar refractivity (Wildman–Crippen MR) is 88.0 cm³/mol. The lowest BCUT2D eigenvalue weighted by Crippen LogP contribution is -2.43. The van der Waals surface area contributed by atoms with Crippen molar-refractivity contribution in [1.29, 1.82) is 0 Å². The third-order valence-corrected chi connectivity index (χ3v) is 5.33. The van der Waals surface area contributed by atoms with E-state index in [1.165, 1.54) is 19.2 Å². The molecule has 23 heavy (non-hydrogen) atoms. The number of anilines is 1. The average molecular weight is 341 g/mol. The Hall–Kier alpha value is -1.64. The number of rotatable bonds is 5. The molecule has 1 aromatic carbocycles. The van der Waals surface area contributed by atoms with Gasteiger partial charge < -0.3 is 15.4 Å². The van der Waals surface area contributed by atoms with E-state index >= 15 is 0 Å². The maximum Gasteiger partial charge on any atom is 0.319 e. The highest BCUT2D eigenvalue weighted by atomic mass is 32.2. The minimum absolute atomic E-state index is 0.0258. The Morgan fingerprint density at radius 1 is 1.39 bits per heavy atom. The van der Waals surface area contributed by atoms with Gasteiger partial charge in [0.2, 0.25) is 10.0 Å². The molecule has 8 heteroatoms. The first-order valence-corrected chi connectivity index (χ1v) is 9.05. The second-order valence-electron chi connectivity index (χ2n) is 5.62. The van der Waals surface area contributed by atoms with Crippen LogP contribution >= 0.6 is 0 Å². The number of nitrogens with one attached hydrogen (secondary N) is 3. The number of urea groups is 1. The van der Waals surface area contributed by atoms with Gasteiger partial charge in [-0.05, 0) is 51.4 Å². The van der Waals surface area contributed by atoms with E-state index in [2.05, 4.69) is 15.4 Å². The number of aryl methyl sites for hydroxylation is 1. The number of sulfonamides is 1. The van der Waals surface area contributed by atoms with Crippen molar-refractivity contribution in [1.82, 2.24) is 10.0 Å². The zero-order valence-corrected chi connectivity index (χ0v) is 14.4. The van der Waals surface area contributed by atoms with E-state index in [1.807, 2.05) is 6.92 Å². The minimum Gasteiger partial charge on any atom is -0.376 e. The number of hydrogen-bond donors (Lipinski definition) is 3. The Morgan fingerprint density at radius 2 is 2.13 bits per heavy atom. The Labute approximate surface area is 136 Å². The molecule has 128 valence electrons. The molecule has 1 fully saturated rings. The number of carbonyl (C=O) groups excluding carboxylic acids is 1. The molecule has 1 aliphatic rings. The van der Waals surface area contributed by atoms with Crippen molar-refractivity contribution < 1.29 is 17.9 Å². The summed E-state index contributed by atoms with van der Waals surface area (Å²) in [6, 6.07) is 4.11. The van der Waals surface area contributed by atoms with Gasteiger partial charge in [-0.2, -0.15) is 0 Å². The number of carbonyl (C=O) groups is 1. The van der Waals surface area contributed by atoms with Gasteiger partial charge in [0.25, 0.3) is 0 Å². The lowest BCUT2D eigenvalue weighted by molar-refractivity contribution is 0.0868. The topological polar surface area (TPSA) is 96.5 Å². The molecule has 0 spiro atoms. The fraction of sp³-hybridized carbons (Fsp3) is 0.533. The van der Waals surface area contributed by atoms with Gasteiger partial charge in [0.05, 0.1) is 17.0 Å². The molecule has 2 atom stereocenters. The van der Waals surface area contributed by atoms with Crippen molar-refractivity contribution in [3.05, 3.63) is 23.8 Å². The van der Waals surface area contributed by atoms with E-state index in [1.54, 1.807) is 13.0 Å². The Kier molecular flexibility index (Phi) is 5.61. The van der Waals surface area contributed by atoms with E-state index < -0.39 is 10.0 Å². The maximum atomic E-state index is 12.1. The van der Waals surface area contributed by atoms with Gasteiger partial charge in [-0.15, -0.1) is 0 Å². The van der Waals surface area contributed by atoms with Crippen LogP contribution < -0.4 is 15.4 Å². The van der Waals surface area contributed by atoms with Crippen LogP contribution in [0, 0.1) is 6.92 Å². The van der Waals surface area contributed by atoms with Crippen LogP contribution in [0.3, 0.4) is 0 Å². The molecule has 0 radical (unpaired) electrons. The highest BCUT2D eigenvalue weighted by Crippen LogP contribution is 2.20. The summed E-state index contributed by atoms with van der Waals surface area (Å²) in [5, 5.41) is 5.53. The highest BCUT2D eigenvalue weighted by molar-refractivity contribution is 7.89. The molecule has 0 aromatic heterocycles. The van der Waals surface area contributed by atoms with Gasteiger partial charge in [0.15, 0.2) is 0 Å². The van der Waals surface area contributed by atoms with Crippen LogP contribution in [0.25, 0.3) is 0 Å². The van der Waals surface area contributed by atoms with Crippen LogP contribution in [-0.4, -0.2) is 40.2 Å². The first-order chi connectivity index (χ1) is 10.8. The highest BCUT2D eigenvalue weighted by Gasteiger charge is 2.24. The number of benzene rings is 1. The van der Waals surface area contributed by atoms with Crippen molar-refractivity contribution in [2.45, 2.75) is 43.7 Å². The van der Waals surface area contributed by atoms with Crippen molar-refractivity contribution in [3.8, 4) is 0 Å². The molecule has 0 saturated carbocycles. The average Bonchev–Trinajstić information content (AvgIpc) is 3.03. The van der Waals surface area contributed by atoms with Gasteiger partial charge in [-0.1, -0.05) is 6.07 Å². The number of ether oxygens (including phenoxy) is 1. The smallest absolute Gasteiger partial charge is 0.319 e. The van der Waals surface area contributed by atoms with Crippen molar-refractivity contribution in [2.24, 2.45) is 0 Å². The lowest BCUT2D eigenvalue weighted by Gasteiger charge is -2.20. The van der Waals surface area contributed by atoms with E-state index in [9.17, 15) is 13.2 Å². The molecule has 7 nitrogen and oxygen atoms in total. The van der Waals surface area contributed by atoms with Gasteiger partial charge in [-0.3, -0.25) is 0 Å². The Morgan fingerprint density at radius 3 is 2.74 bits per heavy atom. The predicted octanol–water partition coefficient (Wildman–Crippen LogP) is 1.59. The van der Waals surface area contributed by atoms with Crippen LogP contribution in [0.15, 0.2) is 23.1 Å². The number of amides is 2. The number of hydrogen-bond acceptors (Lipinski definition) is 4. The molecule has 1 aromatic rings. The Bertz CT molecular complexity index is 669. The molecule has 2 amide bonds. The summed E-state index contributed by atoms with van der Waals surface area (Å²) in [6.07, 6.45) is 1.95. The molecule has 2 unspecified atom stereocenters. The van der Waals surface area contributed by atoms with Crippen LogP contribution in [-0.2, 0) is 14.8 Å². The van der Waals surface area contributed by atoms with Crippen molar-refractivity contribution >= 4 is 21.7 Å². The molecule has 1 saturated heterocycles. The molecular formula is C15H23N3O4S. The lowest BCUT2D eigenvalue weighted by atomic mass is 10.1.